The number of carbonyl (C=O) groups excluding carboxylic acids is 3. The van der Waals surface area contributed by atoms with Crippen molar-refractivity contribution in [1.29, 1.82) is 0 Å². The summed E-state index contributed by atoms with van der Waals surface area (Å²) in [6.45, 7) is 4.26. The van der Waals surface area contributed by atoms with Crippen LogP contribution in [0.2, 0.25) is 0 Å². The van der Waals surface area contributed by atoms with Gasteiger partial charge in [-0.1, -0.05) is 6.07 Å². The van der Waals surface area contributed by atoms with Crippen LogP contribution in [0.4, 0.5) is 0 Å². The van der Waals surface area contributed by atoms with Gasteiger partial charge in [-0.15, -0.1) is 0 Å². The summed E-state index contributed by atoms with van der Waals surface area (Å²) in [5.41, 5.74) is 0.875. The molecule has 3 amide bonds. The normalized spacial score (nSPS) is 24.9. The molecule has 1 aromatic carbocycles. The lowest BCUT2D eigenvalue weighted by Crippen LogP contribution is -2.49. The number of hydrogen-bond donors (Lipinski definition) is 1. The topological polar surface area (TPSA) is 75.7 Å². The molecular weight excluding hydrogens is 332 g/mol. The highest BCUT2D eigenvalue weighted by Gasteiger charge is 2.53. The van der Waals surface area contributed by atoms with Crippen LogP contribution in [0.25, 0.3) is 0 Å². The van der Waals surface area contributed by atoms with Crippen LogP contribution in [-0.4, -0.2) is 41.3 Å². The molecule has 6 heteroatoms. The molecule has 0 aromatic heterocycles. The summed E-state index contributed by atoms with van der Waals surface area (Å²) in [7, 11) is 0. The van der Waals surface area contributed by atoms with Gasteiger partial charge in [-0.05, 0) is 62.8 Å². The van der Waals surface area contributed by atoms with Gasteiger partial charge in [-0.2, -0.15) is 0 Å². The summed E-state index contributed by atoms with van der Waals surface area (Å²) in [6, 6.07) is 6.04. The first-order valence-corrected chi connectivity index (χ1v) is 9.24. The van der Waals surface area contributed by atoms with Gasteiger partial charge >= 0.3 is 0 Å². The molecule has 2 heterocycles. The Hall–Kier alpha value is -2.37. The number of likely N-dealkylation sites (tertiary alicyclic amines) is 1. The lowest BCUT2D eigenvalue weighted by Gasteiger charge is -2.31. The smallest absolute Gasteiger partial charge is 0.266 e. The maximum Gasteiger partial charge on any atom is 0.266 e. The van der Waals surface area contributed by atoms with Crippen LogP contribution in [-0.2, 0) is 27.2 Å². The van der Waals surface area contributed by atoms with Crippen molar-refractivity contribution in [3.63, 3.8) is 0 Å². The molecule has 2 saturated heterocycles. The van der Waals surface area contributed by atoms with Gasteiger partial charge in [-0.3, -0.25) is 19.7 Å². The van der Waals surface area contributed by atoms with E-state index in [0.29, 0.717) is 18.7 Å². The third-order valence-electron chi connectivity index (χ3n) is 5.83. The fourth-order valence-electron chi connectivity index (χ4n) is 4.40. The van der Waals surface area contributed by atoms with Crippen LogP contribution in [0.15, 0.2) is 18.2 Å². The number of fused-ring (bicyclic) bond motifs is 1. The van der Waals surface area contributed by atoms with Gasteiger partial charge in [0, 0.05) is 19.5 Å². The van der Waals surface area contributed by atoms with Crippen LogP contribution in [0.1, 0.15) is 44.2 Å². The number of imide groups is 1. The van der Waals surface area contributed by atoms with Crippen molar-refractivity contribution in [2.45, 2.75) is 51.6 Å². The molecule has 6 nitrogen and oxygen atoms in total. The molecule has 0 saturated carbocycles. The second-order valence-corrected chi connectivity index (χ2v) is 8.21. The average molecular weight is 356 g/mol. The largest absolute Gasteiger partial charge is 0.478 e. The number of carbonyl (C=O) groups is 3. The van der Waals surface area contributed by atoms with E-state index in [2.05, 4.69) is 11.4 Å². The molecule has 3 aliphatic rings. The fraction of sp³-hybridized carbons (Fsp3) is 0.550. The third-order valence-corrected chi connectivity index (χ3v) is 5.83. The zero-order chi connectivity index (χ0) is 18.5. The molecule has 2 aliphatic heterocycles. The van der Waals surface area contributed by atoms with E-state index in [1.807, 2.05) is 12.1 Å². The summed E-state index contributed by atoms with van der Waals surface area (Å²) < 4.78 is 6.04. The number of ether oxygens (including phenoxy) is 1. The summed E-state index contributed by atoms with van der Waals surface area (Å²) in [5.74, 6) is 0.0433. The SMILES string of the molecule is CC(C)(Oc1ccc2c(c1)CCC2)C(=O)N1CCC2(CC(=O)NC2=O)C1. The van der Waals surface area contributed by atoms with E-state index in [9.17, 15) is 14.4 Å². The minimum Gasteiger partial charge on any atom is -0.478 e. The maximum absolute atomic E-state index is 13.0. The molecule has 0 radical (unpaired) electrons. The zero-order valence-corrected chi connectivity index (χ0v) is 15.3. The van der Waals surface area contributed by atoms with Crippen molar-refractivity contribution in [3.8, 4) is 5.75 Å². The summed E-state index contributed by atoms with van der Waals surface area (Å²) >= 11 is 0. The summed E-state index contributed by atoms with van der Waals surface area (Å²) in [6.07, 6.45) is 4.01. The van der Waals surface area contributed by atoms with Crippen molar-refractivity contribution in [2.24, 2.45) is 5.41 Å². The fourth-order valence-corrected chi connectivity index (χ4v) is 4.40. The van der Waals surface area contributed by atoms with Crippen molar-refractivity contribution in [3.05, 3.63) is 29.3 Å². The maximum atomic E-state index is 13.0. The Kier molecular flexibility index (Phi) is 3.82. The minimum atomic E-state index is -1.03. The van der Waals surface area contributed by atoms with Crippen molar-refractivity contribution >= 4 is 17.7 Å². The Bertz CT molecular complexity index is 801. The van der Waals surface area contributed by atoms with Crippen molar-refractivity contribution < 1.29 is 19.1 Å². The van der Waals surface area contributed by atoms with Gasteiger partial charge in [0.25, 0.3) is 5.91 Å². The monoisotopic (exact) mass is 356 g/mol. The van der Waals surface area contributed by atoms with E-state index >= 15 is 0 Å². The van der Waals surface area contributed by atoms with Gasteiger partial charge in [0.1, 0.15) is 5.75 Å². The Morgan fingerprint density at radius 3 is 2.73 bits per heavy atom. The van der Waals surface area contributed by atoms with Crippen LogP contribution in [0.3, 0.4) is 0 Å². The standard InChI is InChI=1S/C20H24N2O4/c1-19(2,26-15-7-6-13-4-3-5-14(13)10-15)18(25)22-9-8-20(12-22)11-16(23)21-17(20)24/h6-7,10H,3-5,8-9,11-12H2,1-2H3,(H,21,23,24). The van der Waals surface area contributed by atoms with E-state index < -0.39 is 11.0 Å². The molecule has 1 spiro atoms. The van der Waals surface area contributed by atoms with Crippen LogP contribution < -0.4 is 10.1 Å². The summed E-state index contributed by atoms with van der Waals surface area (Å²) in [4.78, 5) is 38.4. The molecule has 4 rings (SSSR count). The number of aryl methyl sites for hydroxylation is 2. The van der Waals surface area contributed by atoms with Gasteiger partial charge in [0.05, 0.1) is 5.41 Å². The van der Waals surface area contributed by atoms with Crippen molar-refractivity contribution in [2.75, 3.05) is 13.1 Å². The van der Waals surface area contributed by atoms with E-state index in [0.717, 1.165) is 19.3 Å². The quantitative estimate of drug-likeness (QED) is 0.835. The number of nitrogens with one attached hydrogen (secondary N) is 1. The van der Waals surface area contributed by atoms with Crippen molar-refractivity contribution in [1.82, 2.24) is 10.2 Å². The van der Waals surface area contributed by atoms with Crippen LogP contribution in [0, 0.1) is 5.41 Å². The van der Waals surface area contributed by atoms with E-state index in [4.69, 9.17) is 4.74 Å². The number of benzene rings is 1. The minimum absolute atomic E-state index is 0.151. The molecular formula is C20H24N2O4. The Labute approximate surface area is 152 Å². The second kappa shape index (κ2) is 5.83. The predicted octanol–water partition coefficient (Wildman–Crippen LogP) is 1.60. The van der Waals surface area contributed by atoms with Gasteiger partial charge in [0.15, 0.2) is 5.60 Å². The first kappa shape index (κ1) is 17.1. The number of nitrogens with zero attached hydrogens (tertiary/aromatic N) is 1. The molecule has 1 atom stereocenters. The predicted molar refractivity (Wildman–Crippen MR) is 94.6 cm³/mol. The molecule has 1 unspecified atom stereocenters. The van der Waals surface area contributed by atoms with E-state index in [-0.39, 0.29) is 30.7 Å². The van der Waals surface area contributed by atoms with Gasteiger partial charge < -0.3 is 9.64 Å². The molecule has 2 fully saturated rings. The highest BCUT2D eigenvalue weighted by molar-refractivity contribution is 6.06. The van der Waals surface area contributed by atoms with Gasteiger partial charge in [-0.25, -0.2) is 0 Å². The Morgan fingerprint density at radius 1 is 1.23 bits per heavy atom. The Balaban J connectivity index is 1.47. The highest BCUT2D eigenvalue weighted by atomic mass is 16.5. The lowest BCUT2D eigenvalue weighted by atomic mass is 9.85. The van der Waals surface area contributed by atoms with E-state index in [1.165, 1.54) is 11.1 Å². The number of rotatable bonds is 3. The molecule has 1 aromatic rings. The Morgan fingerprint density at radius 2 is 2.00 bits per heavy atom. The molecule has 1 aliphatic carbocycles. The molecule has 0 bridgehead atoms. The van der Waals surface area contributed by atoms with Gasteiger partial charge in [0.2, 0.25) is 11.8 Å². The number of hydrogen-bond acceptors (Lipinski definition) is 4. The molecule has 1 N–H and O–H groups in total. The van der Waals surface area contributed by atoms with Crippen LogP contribution >= 0.6 is 0 Å². The first-order valence-electron chi connectivity index (χ1n) is 9.24. The summed E-state index contributed by atoms with van der Waals surface area (Å²) in [5, 5.41) is 2.36. The zero-order valence-electron chi connectivity index (χ0n) is 15.3. The second-order valence-electron chi connectivity index (χ2n) is 8.21. The molecule has 26 heavy (non-hydrogen) atoms. The van der Waals surface area contributed by atoms with E-state index in [1.54, 1.807) is 18.7 Å². The molecule has 138 valence electrons. The highest BCUT2D eigenvalue weighted by Crippen LogP contribution is 2.39. The number of amides is 3. The average Bonchev–Trinajstić information content (AvgIpc) is 3.26. The lowest BCUT2D eigenvalue weighted by molar-refractivity contribution is -0.145. The first-order chi connectivity index (χ1) is 12.3. The third kappa shape index (κ3) is 2.77. The van der Waals surface area contributed by atoms with Crippen LogP contribution in [0.5, 0.6) is 5.75 Å².